The van der Waals surface area contributed by atoms with Crippen molar-refractivity contribution in [1.29, 1.82) is 0 Å². The molecule has 0 spiro atoms. The molecule has 1 rings (SSSR count). The molecule has 0 radical (unpaired) electrons. The van der Waals surface area contributed by atoms with Crippen molar-refractivity contribution >= 4 is 35.4 Å². The lowest BCUT2D eigenvalue weighted by molar-refractivity contribution is -0.213. The van der Waals surface area contributed by atoms with Crippen LogP contribution in [0.1, 0.15) is 115 Å². The van der Waals surface area contributed by atoms with Crippen molar-refractivity contribution in [1.82, 2.24) is 6.15 Å². The van der Waals surface area contributed by atoms with Gasteiger partial charge >= 0.3 is 35.4 Å². The third kappa shape index (κ3) is 29.2. The molecule has 0 aromatic rings. The quantitative estimate of drug-likeness (QED) is 0.0170. The third-order valence-electron chi connectivity index (χ3n) is 8.26. The van der Waals surface area contributed by atoms with Crippen LogP contribution in [0.3, 0.4) is 0 Å². The summed E-state index contributed by atoms with van der Waals surface area (Å²) < 4.78 is 64.5. The second-order valence-electron chi connectivity index (χ2n) is 13.3. The van der Waals surface area contributed by atoms with Crippen LogP contribution in [0, 0.1) is 83.4 Å². The minimum Gasteiger partial charge on any atom is -0.456 e. The average Bonchev–Trinajstić information content (AvgIpc) is 3.19. The van der Waals surface area contributed by atoms with E-state index in [1.807, 2.05) is 5.92 Å². The van der Waals surface area contributed by atoms with Crippen molar-refractivity contribution in [2.45, 2.75) is 140 Å². The molecule has 8 atom stereocenters. The Morgan fingerprint density at radius 1 is 0.587 bits per heavy atom. The van der Waals surface area contributed by atoms with Crippen LogP contribution >= 0.6 is 23.5 Å². The fourth-order valence-electron chi connectivity index (χ4n) is 5.47. The highest BCUT2D eigenvalue weighted by Crippen LogP contribution is 2.51. The molecule has 1 saturated carbocycles. The fourth-order valence-corrected chi connectivity index (χ4v) is 7.58. The van der Waals surface area contributed by atoms with E-state index in [0.717, 1.165) is 25.7 Å². The molecule has 0 aromatic heterocycles. The van der Waals surface area contributed by atoms with Crippen LogP contribution in [0.25, 0.3) is 0 Å². The topological polar surface area (TPSA) is 338 Å². The number of aliphatic hydroxyl groups is 3. The lowest BCUT2D eigenvalue weighted by Gasteiger charge is -2.44. The van der Waals surface area contributed by atoms with E-state index in [0.29, 0.717) is 12.8 Å². The van der Waals surface area contributed by atoms with Crippen LogP contribution in [-0.2, 0) is 50.9 Å². The number of terminal acetylenes is 1. The lowest BCUT2D eigenvalue weighted by atomic mass is 9.85. The minimum atomic E-state index is -5.58. The van der Waals surface area contributed by atoms with Gasteiger partial charge in [-0.1, -0.05) is 84.0 Å². The number of carbonyl (C=O) groups is 2. The van der Waals surface area contributed by atoms with Gasteiger partial charge in [0.2, 0.25) is 0 Å². The number of esters is 2. The van der Waals surface area contributed by atoms with Crippen LogP contribution in [0.4, 0.5) is 0 Å². The first kappa shape index (κ1) is 59.0. The molecule has 23 heteroatoms. The standard InChI is InChI=1S/C40H51O19P3.H3N.13H2/c1-3-5-7-9-11-13-15-17-19-21-23-25-27-29-34(42)56-32(30-54-33(41)28-26-24-22-20-18-16-14-12-10-8-6-4-2)31-55-62(52,53)59-40-36(44)38(57-60(46,47)48)35(43)39(37(40)45)58-61(49,50)51;;;;;;;;;;;;;;/h2,32,35-40,43-45H,3,5,7,9,11,13,15,17,19,21,23,25,27,29-31H2,1H3,(H,52,53)(H2,46,47,48)(H2,49,50,51);1H3;13*1H/t32-,35?,36-,37?,38-,39+,40?;;;;;;;;;;;;;;/m1............../s1. The van der Waals surface area contributed by atoms with E-state index in [2.05, 4.69) is 87.0 Å². The summed E-state index contributed by atoms with van der Waals surface area (Å²) in [6.07, 6.45) is 1.81. The molecule has 0 amide bonds. The Bertz CT molecular complexity index is 2040. The molecule has 1 aliphatic rings. The summed E-state index contributed by atoms with van der Waals surface area (Å²) in [7, 11) is -16.7. The summed E-state index contributed by atoms with van der Waals surface area (Å²) in [6.45, 7) is 0.328. The summed E-state index contributed by atoms with van der Waals surface area (Å²) in [5.41, 5.74) is 0. The van der Waals surface area contributed by atoms with Gasteiger partial charge in [0.25, 0.3) is 0 Å². The number of carbonyl (C=O) groups excluding carboxylic acids is 2. The monoisotopic (exact) mass is 971 g/mol. The molecule has 1 fully saturated rings. The minimum absolute atomic E-state index is 0. The molecule has 0 aliphatic heterocycles. The molecule has 20 nitrogen and oxygen atoms in total. The van der Waals surface area contributed by atoms with Gasteiger partial charge in [-0.25, -0.2) is 18.5 Å². The van der Waals surface area contributed by atoms with Gasteiger partial charge in [-0.15, -0.1) is 6.42 Å². The molecule has 0 aromatic carbocycles. The Morgan fingerprint density at radius 3 is 1.38 bits per heavy atom. The van der Waals surface area contributed by atoms with Gasteiger partial charge in [0.1, 0.15) is 43.2 Å². The Labute approximate surface area is 386 Å². The molecule has 0 bridgehead atoms. The summed E-state index contributed by atoms with van der Waals surface area (Å²) in [6, 6.07) is 0. The third-order valence-corrected chi connectivity index (χ3v) is 10.3. The number of phosphoric acid groups is 3. The van der Waals surface area contributed by atoms with E-state index in [9.17, 15) is 63.1 Å². The molecule has 0 heterocycles. The number of aliphatic hydroxyl groups excluding tert-OH is 3. The van der Waals surface area contributed by atoms with Crippen LogP contribution in [-0.4, -0.2) is 108 Å². The Balaban J connectivity index is -0.000000229. The molecule has 63 heavy (non-hydrogen) atoms. The zero-order valence-corrected chi connectivity index (χ0v) is 37.2. The zero-order valence-electron chi connectivity index (χ0n) is 34.5. The van der Waals surface area contributed by atoms with Gasteiger partial charge in [-0.05, 0) is 77.5 Å². The van der Waals surface area contributed by atoms with Gasteiger partial charge in [0.05, 0.1) is 6.61 Å². The first-order valence-corrected chi connectivity index (χ1v) is 23.9. The lowest BCUT2D eigenvalue weighted by Crippen LogP contribution is -2.65. The second-order valence-corrected chi connectivity index (χ2v) is 17.1. The molecule has 0 saturated heterocycles. The van der Waals surface area contributed by atoms with Crippen molar-refractivity contribution in [2.75, 3.05) is 13.2 Å². The smallest absolute Gasteiger partial charge is 0.456 e. The predicted octanol–water partition coefficient (Wildman–Crippen LogP) is 5.49. The second kappa shape index (κ2) is 32.7. The van der Waals surface area contributed by atoms with Gasteiger partial charge in [0, 0.05) is 30.9 Å². The van der Waals surface area contributed by atoms with E-state index in [1.54, 1.807) is 0 Å². The van der Waals surface area contributed by atoms with Crippen LogP contribution in [0.2, 0.25) is 0 Å². The van der Waals surface area contributed by atoms with E-state index < -0.39 is 91.3 Å². The molecule has 374 valence electrons. The first-order valence-electron chi connectivity index (χ1n) is 19.3. The molecule has 4 unspecified atom stereocenters. The van der Waals surface area contributed by atoms with Crippen LogP contribution < -0.4 is 6.15 Å². The SMILES string of the molecule is C#CC#CC#CC#CC#CC#CC#CC(=O)OC[C@H](COP(=O)(O)OC1C(O)[C@@H](OP(=O)(O)O)C(O)[C@@H](OP(=O)(O)O)[C@H]1O)OC(=O)CCCCCCCCCCCCCCC.N.[HH].[HH].[HH].[HH].[HH].[HH].[HH].[HH].[HH].[HH].[HH].[HH].[HH]. The number of hydrogen-bond acceptors (Lipinski definition) is 15. The van der Waals surface area contributed by atoms with Crippen molar-refractivity contribution in [3.05, 3.63) is 0 Å². The van der Waals surface area contributed by atoms with E-state index in [1.165, 1.54) is 44.9 Å². The highest BCUT2D eigenvalue weighted by Gasteiger charge is 2.56. The van der Waals surface area contributed by atoms with Crippen LogP contribution in [0.5, 0.6) is 0 Å². The van der Waals surface area contributed by atoms with Crippen molar-refractivity contribution in [3.8, 4) is 83.4 Å². The maximum Gasteiger partial charge on any atom is 0.472 e. The number of unbranched alkanes of at least 4 members (excludes halogenated alkanes) is 12. The van der Waals surface area contributed by atoms with Gasteiger partial charge < -0.3 is 55.4 Å². The van der Waals surface area contributed by atoms with E-state index >= 15 is 0 Å². The van der Waals surface area contributed by atoms with Gasteiger partial charge in [-0.3, -0.25) is 22.9 Å². The van der Waals surface area contributed by atoms with Crippen molar-refractivity contribution in [2.24, 2.45) is 0 Å². The zero-order chi connectivity index (χ0) is 46.4. The Morgan fingerprint density at radius 2 is 0.968 bits per heavy atom. The molecule has 1 aliphatic carbocycles. The van der Waals surface area contributed by atoms with Gasteiger partial charge in [0.15, 0.2) is 6.10 Å². The van der Waals surface area contributed by atoms with E-state index in [4.69, 9.17) is 24.9 Å². The predicted molar refractivity (Wildman–Crippen MR) is 252 cm³/mol. The molecular formula is C40H80NO19P3. The maximum absolute atomic E-state index is 13.0. The normalized spacial score (nSPS) is 20.3. The van der Waals surface area contributed by atoms with E-state index in [-0.39, 0.29) is 31.1 Å². The number of hydrogen-bond donors (Lipinski definition) is 9. The Hall–Kier alpha value is -3.97. The highest BCUT2D eigenvalue weighted by molar-refractivity contribution is 7.47. The van der Waals surface area contributed by atoms with Gasteiger partial charge in [-0.2, -0.15) is 0 Å². The van der Waals surface area contributed by atoms with Crippen molar-refractivity contribution in [3.63, 3.8) is 0 Å². The van der Waals surface area contributed by atoms with Crippen molar-refractivity contribution < 1.29 is 109 Å². The molecular weight excluding hydrogens is 891 g/mol. The largest absolute Gasteiger partial charge is 0.472 e. The van der Waals surface area contributed by atoms with Crippen LogP contribution in [0.15, 0.2) is 0 Å². The fraction of sp³-hybridized carbons (Fsp3) is 0.600. The average molecular weight is 972 g/mol. The molecule has 11 N–H and O–H groups in total. The summed E-state index contributed by atoms with van der Waals surface area (Å²) in [4.78, 5) is 72.4. The number of rotatable bonds is 26. The Kier molecular flexibility index (Phi) is 30.6. The number of phosphoric ester groups is 3. The summed E-state index contributed by atoms with van der Waals surface area (Å²) in [5.74, 6) is 27.6. The first-order chi connectivity index (χ1) is 29.3. The maximum atomic E-state index is 13.0. The highest BCUT2D eigenvalue weighted by atomic mass is 31.2. The number of ether oxygens (including phenoxy) is 2. The summed E-state index contributed by atoms with van der Waals surface area (Å²) in [5, 5.41) is 31.7. The summed E-state index contributed by atoms with van der Waals surface area (Å²) >= 11 is 0.